The fourth-order valence-electron chi connectivity index (χ4n) is 5.16. The van der Waals surface area contributed by atoms with Gasteiger partial charge in [-0.1, -0.05) is 77.2 Å². The molecule has 0 saturated carbocycles. The van der Waals surface area contributed by atoms with Crippen molar-refractivity contribution in [1.82, 2.24) is 5.32 Å². The molecule has 152 valence electrons. The second-order valence-corrected chi connectivity index (χ2v) is 11.3. The Morgan fingerprint density at radius 3 is 2.47 bits per heavy atom. The smallest absolute Gasteiger partial charge is 0.264 e. The van der Waals surface area contributed by atoms with E-state index in [0.29, 0.717) is 14.8 Å². The molecule has 0 aliphatic carbocycles. The first-order chi connectivity index (χ1) is 14.1. The minimum absolute atomic E-state index is 0.133. The van der Waals surface area contributed by atoms with E-state index >= 15 is 0 Å². The maximum absolute atomic E-state index is 13.7. The Kier molecular flexibility index (Phi) is 4.34. The number of halogens is 1. The van der Waals surface area contributed by atoms with Crippen molar-refractivity contribution < 1.29 is 9.59 Å². The number of nitrogens with one attached hydrogen (secondary N) is 1. The molecule has 1 unspecified atom stereocenters. The van der Waals surface area contributed by atoms with Crippen LogP contribution in [-0.4, -0.2) is 21.7 Å². The van der Waals surface area contributed by atoms with Crippen LogP contribution in [0.3, 0.4) is 0 Å². The van der Waals surface area contributed by atoms with Crippen molar-refractivity contribution in [3.8, 4) is 0 Å². The summed E-state index contributed by atoms with van der Waals surface area (Å²) in [5.74, 6) is -0.433. The Morgan fingerprint density at radius 1 is 1.13 bits per heavy atom. The highest BCUT2D eigenvalue weighted by atomic mass is 79.9. The van der Waals surface area contributed by atoms with Gasteiger partial charge in [0.1, 0.15) is 4.32 Å². The zero-order valence-corrected chi connectivity index (χ0v) is 19.9. The SMILES string of the molecule is CC1(c2ccccc2)CC(C)(C)N2C(=O)C(=C3SC(=S)NC3=O)c3cc(Br)cc1c32. The minimum Gasteiger partial charge on any atom is -0.307 e. The summed E-state index contributed by atoms with van der Waals surface area (Å²) in [7, 11) is 0. The summed E-state index contributed by atoms with van der Waals surface area (Å²) in [6, 6.07) is 14.5. The summed E-state index contributed by atoms with van der Waals surface area (Å²) in [5.41, 5.74) is 3.73. The molecule has 1 fully saturated rings. The highest BCUT2D eigenvalue weighted by molar-refractivity contribution is 9.10. The number of hydrogen-bond acceptors (Lipinski definition) is 4. The van der Waals surface area contributed by atoms with Crippen molar-refractivity contribution in [2.75, 3.05) is 4.90 Å². The first-order valence-corrected chi connectivity index (χ1v) is 11.7. The molecule has 3 aliphatic heterocycles. The minimum atomic E-state index is -0.431. The van der Waals surface area contributed by atoms with E-state index in [-0.39, 0.29) is 17.2 Å². The van der Waals surface area contributed by atoms with Gasteiger partial charge in [0.05, 0.1) is 16.2 Å². The van der Waals surface area contributed by atoms with Crippen LogP contribution in [-0.2, 0) is 15.0 Å². The Bertz CT molecular complexity index is 1190. The Balaban J connectivity index is 1.86. The number of rotatable bonds is 1. The fraction of sp³-hybridized carbons (Fsp3) is 0.261. The summed E-state index contributed by atoms with van der Waals surface area (Å²) in [6.45, 7) is 6.44. The van der Waals surface area contributed by atoms with Gasteiger partial charge in [0.15, 0.2) is 0 Å². The molecule has 3 heterocycles. The molecular formula is C23H19BrN2O2S2. The van der Waals surface area contributed by atoms with E-state index in [1.54, 1.807) is 0 Å². The van der Waals surface area contributed by atoms with Gasteiger partial charge in [-0.05, 0) is 43.5 Å². The van der Waals surface area contributed by atoms with Crippen molar-refractivity contribution in [3.63, 3.8) is 0 Å². The molecule has 1 saturated heterocycles. The van der Waals surface area contributed by atoms with E-state index in [4.69, 9.17) is 12.2 Å². The van der Waals surface area contributed by atoms with Gasteiger partial charge in [0.2, 0.25) is 0 Å². The quantitative estimate of drug-likeness (QED) is 0.436. The maximum atomic E-state index is 13.7. The molecule has 1 N–H and O–H groups in total. The van der Waals surface area contributed by atoms with Crippen molar-refractivity contribution in [1.29, 1.82) is 0 Å². The lowest BCUT2D eigenvalue weighted by Crippen LogP contribution is -2.54. The maximum Gasteiger partial charge on any atom is 0.264 e. The first kappa shape index (κ1) is 20.0. The number of thiocarbonyl (C=S) groups is 1. The van der Waals surface area contributed by atoms with Gasteiger partial charge in [-0.25, -0.2) is 0 Å². The monoisotopic (exact) mass is 498 g/mol. The summed E-state index contributed by atoms with van der Waals surface area (Å²) >= 11 is 9.99. The predicted molar refractivity (Wildman–Crippen MR) is 128 cm³/mol. The number of nitrogens with zero attached hydrogens (tertiary/aromatic N) is 1. The van der Waals surface area contributed by atoms with Gasteiger partial charge < -0.3 is 10.2 Å². The van der Waals surface area contributed by atoms with E-state index in [1.165, 1.54) is 17.3 Å². The van der Waals surface area contributed by atoms with Gasteiger partial charge in [0.25, 0.3) is 11.8 Å². The zero-order chi connectivity index (χ0) is 21.4. The standard InChI is InChI=1S/C23H19BrN2O2S2/c1-22(2)11-23(3,12-7-5-4-6-8-12)15-10-13(24)9-14-16(20(28)26(22)17(14)15)18-19(27)25-21(29)30-18/h4-10H,11H2,1-3H3,(H,25,27,29). The Labute approximate surface area is 193 Å². The average molecular weight is 499 g/mol. The lowest BCUT2D eigenvalue weighted by atomic mass is 9.65. The van der Waals surface area contributed by atoms with Crippen molar-refractivity contribution in [2.24, 2.45) is 0 Å². The Morgan fingerprint density at radius 2 is 1.83 bits per heavy atom. The average Bonchev–Trinajstić information content (AvgIpc) is 3.15. The molecule has 5 rings (SSSR count). The number of carbonyl (C=O) groups excluding carboxylic acids is 2. The van der Waals surface area contributed by atoms with Crippen LogP contribution in [0.5, 0.6) is 0 Å². The summed E-state index contributed by atoms with van der Waals surface area (Å²) in [4.78, 5) is 28.5. The summed E-state index contributed by atoms with van der Waals surface area (Å²) in [6.07, 6.45) is 0.763. The third-order valence-corrected chi connectivity index (χ3v) is 7.92. The largest absolute Gasteiger partial charge is 0.307 e. The summed E-state index contributed by atoms with van der Waals surface area (Å²) in [5, 5.41) is 2.65. The molecule has 4 nitrogen and oxygen atoms in total. The molecule has 0 spiro atoms. The van der Waals surface area contributed by atoms with Gasteiger partial charge in [0, 0.05) is 21.0 Å². The number of anilines is 1. The second kappa shape index (κ2) is 6.52. The predicted octanol–water partition coefficient (Wildman–Crippen LogP) is 5.14. The van der Waals surface area contributed by atoms with E-state index in [9.17, 15) is 9.59 Å². The van der Waals surface area contributed by atoms with Crippen LogP contribution in [0, 0.1) is 0 Å². The molecule has 0 bridgehead atoms. The first-order valence-electron chi connectivity index (χ1n) is 9.65. The summed E-state index contributed by atoms with van der Waals surface area (Å²) < 4.78 is 1.27. The molecule has 3 aliphatic rings. The topological polar surface area (TPSA) is 49.4 Å². The molecule has 0 aromatic heterocycles. The van der Waals surface area contributed by atoms with Crippen molar-refractivity contribution in [2.45, 2.75) is 38.1 Å². The van der Waals surface area contributed by atoms with E-state index in [1.807, 2.05) is 17.0 Å². The normalized spacial score (nSPS) is 26.8. The lowest BCUT2D eigenvalue weighted by molar-refractivity contribution is -0.116. The second-order valence-electron chi connectivity index (χ2n) is 8.73. The molecule has 2 aromatic rings. The van der Waals surface area contributed by atoms with Crippen LogP contribution in [0.4, 0.5) is 5.69 Å². The highest BCUT2D eigenvalue weighted by Crippen LogP contribution is 2.57. The third-order valence-electron chi connectivity index (χ3n) is 6.23. The molecular weight excluding hydrogens is 480 g/mol. The molecule has 1 atom stereocenters. The van der Waals surface area contributed by atoms with Gasteiger partial charge in [-0.3, -0.25) is 9.59 Å². The number of carbonyl (C=O) groups is 2. The fourth-order valence-corrected chi connectivity index (χ4v) is 6.73. The molecule has 30 heavy (non-hydrogen) atoms. The zero-order valence-electron chi connectivity index (χ0n) is 16.7. The van der Waals surface area contributed by atoms with Crippen LogP contribution in [0.2, 0.25) is 0 Å². The number of amides is 2. The van der Waals surface area contributed by atoms with Crippen molar-refractivity contribution >= 4 is 67.3 Å². The molecule has 2 amide bonds. The van der Waals surface area contributed by atoms with Crippen molar-refractivity contribution in [3.05, 3.63) is 68.5 Å². The number of benzene rings is 2. The number of thioether (sulfide) groups is 1. The van der Waals surface area contributed by atoms with Crippen LogP contribution >= 0.6 is 39.9 Å². The van der Waals surface area contributed by atoms with Gasteiger partial charge >= 0.3 is 0 Å². The third kappa shape index (κ3) is 2.68. The highest BCUT2D eigenvalue weighted by Gasteiger charge is 2.54. The molecule has 7 heteroatoms. The van der Waals surface area contributed by atoms with E-state index in [0.717, 1.165) is 27.7 Å². The van der Waals surface area contributed by atoms with Crippen LogP contribution in [0.15, 0.2) is 51.8 Å². The van der Waals surface area contributed by atoms with Gasteiger partial charge in [-0.15, -0.1) is 0 Å². The van der Waals surface area contributed by atoms with E-state index < -0.39 is 5.54 Å². The number of hydrogen-bond donors (Lipinski definition) is 1. The van der Waals surface area contributed by atoms with Gasteiger partial charge in [-0.2, -0.15) is 0 Å². The lowest BCUT2D eigenvalue weighted by Gasteiger charge is -2.49. The van der Waals surface area contributed by atoms with Crippen LogP contribution < -0.4 is 10.2 Å². The van der Waals surface area contributed by atoms with E-state index in [2.05, 4.69) is 72.3 Å². The van der Waals surface area contributed by atoms with Crippen LogP contribution in [0.25, 0.3) is 5.57 Å². The Hall–Kier alpha value is -1.96. The van der Waals surface area contributed by atoms with Crippen LogP contribution in [0.1, 0.15) is 43.9 Å². The molecule has 2 aromatic carbocycles. The molecule has 0 radical (unpaired) electrons.